The van der Waals surface area contributed by atoms with E-state index in [-0.39, 0.29) is 17.3 Å². The van der Waals surface area contributed by atoms with Gasteiger partial charge in [0.2, 0.25) is 5.91 Å². The summed E-state index contributed by atoms with van der Waals surface area (Å²) in [6, 6.07) is -0.447. The van der Waals surface area contributed by atoms with E-state index < -0.39 is 6.04 Å². The number of nitrogens with one attached hydrogen (secondary N) is 1. The van der Waals surface area contributed by atoms with Crippen LogP contribution in [0.25, 0.3) is 0 Å². The Hall–Kier alpha value is -1.06. The molecule has 0 bridgehead atoms. The monoisotopic (exact) mass is 213 g/mol. The standard InChI is InChI=1S/C11H19NO3/c1-4-11(5-2)7-8(12-10(11)14)9(13)15-6-3/h8H,4-7H2,1-3H3,(H,12,14)/t8-/m0/s1. The highest BCUT2D eigenvalue weighted by atomic mass is 16.5. The van der Waals surface area contributed by atoms with Crippen molar-refractivity contribution < 1.29 is 14.3 Å². The lowest BCUT2D eigenvalue weighted by atomic mass is 9.80. The van der Waals surface area contributed by atoms with Gasteiger partial charge >= 0.3 is 5.97 Å². The van der Waals surface area contributed by atoms with Crippen LogP contribution in [-0.2, 0) is 14.3 Å². The zero-order valence-electron chi connectivity index (χ0n) is 9.63. The average Bonchev–Trinajstić information content (AvgIpc) is 2.57. The molecule has 4 heteroatoms. The second kappa shape index (κ2) is 4.64. The summed E-state index contributed by atoms with van der Waals surface area (Å²) in [5, 5.41) is 2.72. The van der Waals surface area contributed by atoms with Crippen LogP contribution < -0.4 is 5.32 Å². The quantitative estimate of drug-likeness (QED) is 0.715. The van der Waals surface area contributed by atoms with Gasteiger partial charge in [0, 0.05) is 0 Å². The Kier molecular flexibility index (Phi) is 3.72. The van der Waals surface area contributed by atoms with Crippen LogP contribution in [0.4, 0.5) is 0 Å². The third kappa shape index (κ3) is 2.13. The van der Waals surface area contributed by atoms with Crippen LogP contribution in [0.15, 0.2) is 0 Å². The van der Waals surface area contributed by atoms with E-state index in [0.29, 0.717) is 13.0 Å². The van der Waals surface area contributed by atoms with Gasteiger partial charge in [-0.25, -0.2) is 4.79 Å². The van der Waals surface area contributed by atoms with E-state index in [1.807, 2.05) is 13.8 Å². The minimum absolute atomic E-state index is 0.00875. The first-order chi connectivity index (χ1) is 7.09. The highest BCUT2D eigenvalue weighted by Gasteiger charge is 2.46. The molecule has 0 spiro atoms. The number of carbonyl (C=O) groups excluding carboxylic acids is 2. The maximum Gasteiger partial charge on any atom is 0.328 e. The highest BCUT2D eigenvalue weighted by Crippen LogP contribution is 2.37. The molecule has 1 N–H and O–H groups in total. The van der Waals surface area contributed by atoms with Crippen LogP contribution in [0.5, 0.6) is 0 Å². The maximum absolute atomic E-state index is 11.8. The molecule has 1 aliphatic heterocycles. The lowest BCUT2D eigenvalue weighted by molar-refractivity contribution is -0.145. The average molecular weight is 213 g/mol. The van der Waals surface area contributed by atoms with Crippen molar-refractivity contribution in [3.63, 3.8) is 0 Å². The molecule has 1 rings (SSSR count). The van der Waals surface area contributed by atoms with Gasteiger partial charge < -0.3 is 10.1 Å². The number of hydrogen-bond donors (Lipinski definition) is 1. The first-order valence-electron chi connectivity index (χ1n) is 5.57. The molecule has 1 atom stereocenters. The third-order valence-corrected chi connectivity index (χ3v) is 3.31. The molecule has 15 heavy (non-hydrogen) atoms. The van der Waals surface area contributed by atoms with Crippen LogP contribution in [0.2, 0.25) is 0 Å². The molecule has 86 valence electrons. The molecule has 1 fully saturated rings. The van der Waals surface area contributed by atoms with Crippen molar-refractivity contribution in [2.45, 2.75) is 46.1 Å². The third-order valence-electron chi connectivity index (χ3n) is 3.31. The maximum atomic E-state index is 11.8. The fourth-order valence-corrected chi connectivity index (χ4v) is 2.09. The summed E-state index contributed by atoms with van der Waals surface area (Å²) >= 11 is 0. The Morgan fingerprint density at radius 2 is 2.07 bits per heavy atom. The number of amides is 1. The minimum Gasteiger partial charge on any atom is -0.464 e. The van der Waals surface area contributed by atoms with Crippen LogP contribution in [0, 0.1) is 5.41 Å². The van der Waals surface area contributed by atoms with Gasteiger partial charge in [-0.1, -0.05) is 13.8 Å². The van der Waals surface area contributed by atoms with Gasteiger partial charge in [0.1, 0.15) is 6.04 Å². The Bertz CT molecular complexity index is 259. The van der Waals surface area contributed by atoms with Crippen molar-refractivity contribution in [1.29, 1.82) is 0 Å². The predicted molar refractivity (Wildman–Crippen MR) is 56.2 cm³/mol. The minimum atomic E-state index is -0.447. The van der Waals surface area contributed by atoms with E-state index in [0.717, 1.165) is 12.8 Å². The smallest absolute Gasteiger partial charge is 0.328 e. The summed E-state index contributed by atoms with van der Waals surface area (Å²) in [5.41, 5.74) is -0.364. The molecule has 0 aliphatic carbocycles. The summed E-state index contributed by atoms with van der Waals surface area (Å²) in [6.45, 7) is 6.09. The fraction of sp³-hybridized carbons (Fsp3) is 0.818. The van der Waals surface area contributed by atoms with Crippen molar-refractivity contribution in [3.05, 3.63) is 0 Å². The number of ether oxygens (including phenoxy) is 1. The Morgan fingerprint density at radius 1 is 1.47 bits per heavy atom. The molecule has 1 saturated heterocycles. The van der Waals surface area contributed by atoms with Crippen molar-refractivity contribution in [2.75, 3.05) is 6.61 Å². The molecule has 4 nitrogen and oxygen atoms in total. The second-order valence-corrected chi connectivity index (χ2v) is 3.97. The number of esters is 1. The molecular formula is C11H19NO3. The van der Waals surface area contributed by atoms with Crippen molar-refractivity contribution in [2.24, 2.45) is 5.41 Å². The molecule has 0 unspecified atom stereocenters. The summed E-state index contributed by atoms with van der Waals surface area (Å²) in [5.74, 6) is -0.319. The lowest BCUT2D eigenvalue weighted by Crippen LogP contribution is -2.35. The van der Waals surface area contributed by atoms with Crippen molar-refractivity contribution >= 4 is 11.9 Å². The Morgan fingerprint density at radius 3 is 2.47 bits per heavy atom. The highest BCUT2D eigenvalue weighted by molar-refractivity contribution is 5.92. The van der Waals surface area contributed by atoms with Crippen LogP contribution >= 0.6 is 0 Å². The van der Waals surface area contributed by atoms with Gasteiger partial charge in [0.15, 0.2) is 0 Å². The van der Waals surface area contributed by atoms with Gasteiger partial charge in [-0.2, -0.15) is 0 Å². The molecule has 1 aliphatic rings. The summed E-state index contributed by atoms with van der Waals surface area (Å²) in [6.07, 6.45) is 2.11. The molecule has 0 saturated carbocycles. The SMILES string of the molecule is CCOC(=O)[C@@H]1CC(CC)(CC)C(=O)N1. The summed E-state index contributed by atoms with van der Waals surface area (Å²) in [7, 11) is 0. The lowest BCUT2D eigenvalue weighted by Gasteiger charge is -2.21. The number of hydrogen-bond acceptors (Lipinski definition) is 3. The molecule has 0 aromatic heterocycles. The van der Waals surface area contributed by atoms with E-state index in [9.17, 15) is 9.59 Å². The molecule has 0 aromatic rings. The summed E-state index contributed by atoms with van der Waals surface area (Å²) in [4.78, 5) is 23.2. The van der Waals surface area contributed by atoms with E-state index in [1.54, 1.807) is 6.92 Å². The predicted octanol–water partition coefficient (Wildman–Crippen LogP) is 1.24. The molecule has 1 amide bonds. The Balaban J connectivity index is 2.70. The fourth-order valence-electron chi connectivity index (χ4n) is 2.09. The largest absolute Gasteiger partial charge is 0.464 e. The number of carbonyl (C=O) groups is 2. The van der Waals surface area contributed by atoms with E-state index in [1.165, 1.54) is 0 Å². The zero-order chi connectivity index (χ0) is 11.5. The summed E-state index contributed by atoms with van der Waals surface area (Å²) < 4.78 is 4.90. The van der Waals surface area contributed by atoms with Gasteiger partial charge in [0.25, 0.3) is 0 Å². The first kappa shape index (κ1) is 12.0. The van der Waals surface area contributed by atoms with Crippen molar-refractivity contribution in [1.82, 2.24) is 5.32 Å². The van der Waals surface area contributed by atoms with Gasteiger partial charge in [-0.3, -0.25) is 4.79 Å². The van der Waals surface area contributed by atoms with Gasteiger partial charge in [-0.05, 0) is 26.2 Å². The van der Waals surface area contributed by atoms with Crippen molar-refractivity contribution in [3.8, 4) is 0 Å². The molecular weight excluding hydrogens is 194 g/mol. The number of rotatable bonds is 4. The van der Waals surface area contributed by atoms with Crippen LogP contribution in [0.1, 0.15) is 40.0 Å². The zero-order valence-corrected chi connectivity index (χ0v) is 9.63. The van der Waals surface area contributed by atoms with Gasteiger partial charge in [0.05, 0.1) is 12.0 Å². The normalized spacial score (nSPS) is 23.7. The molecule has 0 radical (unpaired) electrons. The van der Waals surface area contributed by atoms with Crippen LogP contribution in [-0.4, -0.2) is 24.5 Å². The van der Waals surface area contributed by atoms with Gasteiger partial charge in [-0.15, -0.1) is 0 Å². The first-order valence-corrected chi connectivity index (χ1v) is 5.57. The van der Waals surface area contributed by atoms with E-state index in [2.05, 4.69) is 5.32 Å². The van der Waals surface area contributed by atoms with Crippen LogP contribution in [0.3, 0.4) is 0 Å². The molecule has 0 aromatic carbocycles. The second-order valence-electron chi connectivity index (χ2n) is 3.97. The Labute approximate surface area is 90.4 Å². The van der Waals surface area contributed by atoms with E-state index in [4.69, 9.17) is 4.74 Å². The topological polar surface area (TPSA) is 55.4 Å². The molecule has 1 heterocycles. The van der Waals surface area contributed by atoms with E-state index >= 15 is 0 Å².